The van der Waals surface area contributed by atoms with Gasteiger partial charge in [0.05, 0.1) is 5.69 Å². The van der Waals surface area contributed by atoms with Gasteiger partial charge in [-0.25, -0.2) is 4.98 Å². The fourth-order valence-corrected chi connectivity index (χ4v) is 2.82. The van der Waals surface area contributed by atoms with Crippen LogP contribution in [0.1, 0.15) is 23.2 Å². The topological polar surface area (TPSA) is 87.1 Å². The second-order valence-corrected chi connectivity index (χ2v) is 5.48. The van der Waals surface area contributed by atoms with Gasteiger partial charge < -0.3 is 15.0 Å². The second-order valence-electron chi connectivity index (χ2n) is 4.45. The summed E-state index contributed by atoms with van der Waals surface area (Å²) in [6, 6.07) is 9.74. The zero-order chi connectivity index (χ0) is 14.8. The highest BCUT2D eigenvalue weighted by Gasteiger charge is 2.22. The largest absolute Gasteiger partial charge is 0.375 e. The smallest absolute Gasteiger partial charge is 0.270 e. The summed E-state index contributed by atoms with van der Waals surface area (Å²) in [6.07, 6.45) is -0.366. The van der Waals surface area contributed by atoms with Crippen LogP contribution in [0.3, 0.4) is 0 Å². The Bertz CT molecular complexity index is 739. The molecule has 0 saturated heterocycles. The Balaban J connectivity index is 1.95. The van der Waals surface area contributed by atoms with Crippen molar-refractivity contribution in [1.29, 1.82) is 0 Å². The first kappa shape index (κ1) is 13.7. The van der Waals surface area contributed by atoms with E-state index in [1.807, 2.05) is 37.3 Å². The van der Waals surface area contributed by atoms with E-state index in [0.717, 1.165) is 16.1 Å². The average Bonchev–Trinajstić information content (AvgIpc) is 3.08. The lowest BCUT2D eigenvalue weighted by atomic mass is 10.1. The Morgan fingerprint density at radius 3 is 2.62 bits per heavy atom. The fourth-order valence-electron chi connectivity index (χ4n) is 2.07. The summed E-state index contributed by atoms with van der Waals surface area (Å²) in [5.74, 6) is 0.889. The summed E-state index contributed by atoms with van der Waals surface area (Å²) >= 11 is 1.33. The van der Waals surface area contributed by atoms with E-state index in [-0.39, 0.29) is 6.10 Å². The van der Waals surface area contributed by atoms with Gasteiger partial charge in [0, 0.05) is 7.11 Å². The molecule has 0 fully saturated rings. The highest BCUT2D eigenvalue weighted by atomic mass is 32.1. The van der Waals surface area contributed by atoms with Crippen molar-refractivity contribution in [3.63, 3.8) is 0 Å². The van der Waals surface area contributed by atoms with Gasteiger partial charge >= 0.3 is 0 Å². The van der Waals surface area contributed by atoms with E-state index in [2.05, 4.69) is 15.1 Å². The van der Waals surface area contributed by atoms with E-state index in [1.54, 1.807) is 7.11 Å². The van der Waals surface area contributed by atoms with Crippen LogP contribution in [0.15, 0.2) is 34.9 Å². The van der Waals surface area contributed by atoms with Crippen molar-refractivity contribution in [3.05, 3.63) is 47.4 Å². The number of hydrogen-bond acceptors (Lipinski definition) is 7. The normalized spacial score (nSPS) is 12.5. The molecule has 6 nitrogen and oxygen atoms in total. The van der Waals surface area contributed by atoms with Gasteiger partial charge in [-0.3, -0.25) is 0 Å². The molecule has 2 heterocycles. The highest BCUT2D eigenvalue weighted by Crippen LogP contribution is 2.31. The van der Waals surface area contributed by atoms with Crippen LogP contribution >= 0.6 is 11.3 Å². The first-order valence-corrected chi connectivity index (χ1v) is 7.15. The van der Waals surface area contributed by atoms with Gasteiger partial charge in [0.25, 0.3) is 5.89 Å². The van der Waals surface area contributed by atoms with E-state index < -0.39 is 0 Å². The van der Waals surface area contributed by atoms with Crippen molar-refractivity contribution in [2.24, 2.45) is 0 Å². The van der Waals surface area contributed by atoms with Crippen LogP contribution in [0, 0.1) is 6.92 Å². The zero-order valence-corrected chi connectivity index (χ0v) is 12.4. The molecule has 0 spiro atoms. The van der Waals surface area contributed by atoms with Gasteiger partial charge in [0.1, 0.15) is 11.0 Å². The number of nitrogen functional groups attached to an aromatic ring is 1. The van der Waals surface area contributed by atoms with E-state index in [0.29, 0.717) is 16.8 Å². The summed E-state index contributed by atoms with van der Waals surface area (Å²) in [6.45, 7) is 1.86. The molecule has 7 heteroatoms. The SMILES string of the molecule is COC(c1ccccc1)c1noc(-c2sc(N)nc2C)n1. The third kappa shape index (κ3) is 2.65. The van der Waals surface area contributed by atoms with Crippen LogP contribution in [0.5, 0.6) is 0 Å². The standard InChI is InChI=1S/C14H14N4O2S/c1-8-11(21-14(15)16-8)13-17-12(18-20-13)10(19-2)9-6-4-3-5-7-9/h3-7,10H,1-2H3,(H2,15,16). The number of anilines is 1. The second kappa shape index (κ2) is 5.63. The third-order valence-electron chi connectivity index (χ3n) is 3.02. The molecule has 1 atom stereocenters. The highest BCUT2D eigenvalue weighted by molar-refractivity contribution is 7.18. The first-order valence-electron chi connectivity index (χ1n) is 6.33. The number of thiazole rings is 1. The molecule has 1 aromatic carbocycles. The van der Waals surface area contributed by atoms with Crippen molar-refractivity contribution in [2.45, 2.75) is 13.0 Å². The molecule has 0 aliphatic heterocycles. The monoisotopic (exact) mass is 302 g/mol. The molecule has 1 unspecified atom stereocenters. The fraction of sp³-hybridized carbons (Fsp3) is 0.214. The minimum absolute atomic E-state index is 0.366. The summed E-state index contributed by atoms with van der Waals surface area (Å²) in [5, 5.41) is 4.50. The Morgan fingerprint density at radius 1 is 1.24 bits per heavy atom. The molecule has 0 aliphatic rings. The van der Waals surface area contributed by atoms with Crippen LogP contribution in [0.4, 0.5) is 5.13 Å². The number of hydrogen-bond donors (Lipinski definition) is 1. The number of ether oxygens (including phenoxy) is 1. The lowest BCUT2D eigenvalue weighted by molar-refractivity contribution is 0.126. The summed E-state index contributed by atoms with van der Waals surface area (Å²) in [5.41, 5.74) is 7.44. The number of rotatable bonds is 4. The van der Waals surface area contributed by atoms with Crippen molar-refractivity contribution in [1.82, 2.24) is 15.1 Å². The summed E-state index contributed by atoms with van der Waals surface area (Å²) in [4.78, 5) is 9.36. The predicted molar refractivity (Wildman–Crippen MR) is 79.8 cm³/mol. The minimum atomic E-state index is -0.366. The van der Waals surface area contributed by atoms with Crippen LogP contribution in [-0.4, -0.2) is 22.2 Å². The van der Waals surface area contributed by atoms with Gasteiger partial charge in [-0.15, -0.1) is 0 Å². The molecule has 0 amide bonds. The van der Waals surface area contributed by atoms with Gasteiger partial charge in [-0.2, -0.15) is 4.98 Å². The number of benzene rings is 1. The van der Waals surface area contributed by atoms with Crippen molar-refractivity contribution >= 4 is 16.5 Å². The van der Waals surface area contributed by atoms with Gasteiger partial charge in [-0.1, -0.05) is 46.8 Å². The zero-order valence-electron chi connectivity index (χ0n) is 11.6. The van der Waals surface area contributed by atoms with E-state index in [9.17, 15) is 0 Å². The molecule has 3 aromatic rings. The molecule has 3 rings (SSSR count). The van der Waals surface area contributed by atoms with E-state index in [1.165, 1.54) is 11.3 Å². The first-order chi connectivity index (χ1) is 10.2. The number of nitrogens with zero attached hydrogens (tertiary/aromatic N) is 3. The average molecular weight is 302 g/mol. The maximum absolute atomic E-state index is 5.69. The van der Waals surface area contributed by atoms with Gasteiger partial charge in [0.15, 0.2) is 5.13 Å². The van der Waals surface area contributed by atoms with Crippen LogP contribution in [0.25, 0.3) is 10.8 Å². The number of aryl methyl sites for hydroxylation is 1. The maximum atomic E-state index is 5.69. The molecule has 2 N–H and O–H groups in total. The maximum Gasteiger partial charge on any atom is 0.270 e. The Hall–Kier alpha value is -2.25. The molecule has 0 aliphatic carbocycles. The molecule has 0 saturated carbocycles. The minimum Gasteiger partial charge on any atom is -0.375 e. The lowest BCUT2D eigenvalue weighted by Gasteiger charge is -2.10. The Morgan fingerprint density at radius 2 is 2.00 bits per heavy atom. The molecular weight excluding hydrogens is 288 g/mol. The summed E-state index contributed by atoms with van der Waals surface area (Å²) < 4.78 is 10.8. The number of aromatic nitrogens is 3. The summed E-state index contributed by atoms with van der Waals surface area (Å²) in [7, 11) is 1.61. The van der Waals surface area contributed by atoms with Crippen molar-refractivity contribution in [2.75, 3.05) is 12.8 Å². The van der Waals surface area contributed by atoms with Crippen molar-refractivity contribution < 1.29 is 9.26 Å². The van der Waals surface area contributed by atoms with E-state index in [4.69, 9.17) is 15.0 Å². The van der Waals surface area contributed by atoms with E-state index >= 15 is 0 Å². The van der Waals surface area contributed by atoms with Crippen molar-refractivity contribution in [3.8, 4) is 10.8 Å². The molecule has 2 aromatic heterocycles. The Kier molecular flexibility index (Phi) is 3.68. The molecule has 108 valence electrons. The number of nitrogens with two attached hydrogens (primary N) is 1. The number of methoxy groups -OCH3 is 1. The third-order valence-corrected chi connectivity index (χ3v) is 4.00. The molecule has 0 radical (unpaired) electrons. The quantitative estimate of drug-likeness (QED) is 0.797. The van der Waals surface area contributed by atoms with Gasteiger partial charge in [0.2, 0.25) is 5.82 Å². The molecule has 21 heavy (non-hydrogen) atoms. The van der Waals surface area contributed by atoms with Crippen LogP contribution in [0.2, 0.25) is 0 Å². The predicted octanol–water partition coefficient (Wildman–Crippen LogP) is 2.82. The van der Waals surface area contributed by atoms with Gasteiger partial charge in [-0.05, 0) is 12.5 Å². The molecular formula is C14H14N4O2S. The van der Waals surface area contributed by atoms with Crippen LogP contribution < -0.4 is 5.73 Å². The molecule has 0 bridgehead atoms. The Labute approximate surface area is 125 Å². The lowest BCUT2D eigenvalue weighted by Crippen LogP contribution is -2.05. The van der Waals surface area contributed by atoms with Crippen LogP contribution in [-0.2, 0) is 4.74 Å².